The van der Waals surface area contributed by atoms with Gasteiger partial charge in [0.1, 0.15) is 5.60 Å². The van der Waals surface area contributed by atoms with E-state index in [0.717, 1.165) is 11.6 Å². The van der Waals surface area contributed by atoms with Crippen LogP contribution in [0, 0.1) is 11.6 Å². The highest BCUT2D eigenvalue weighted by molar-refractivity contribution is 5.68. The molecule has 1 N–H and O–H groups in total. The molecule has 1 aliphatic heterocycles. The average Bonchev–Trinajstić information content (AvgIpc) is 2.98. The van der Waals surface area contributed by atoms with Crippen LogP contribution in [0.25, 0.3) is 0 Å². The molecule has 0 aliphatic carbocycles. The number of ether oxygens (including phenoxy) is 1. The van der Waals surface area contributed by atoms with Gasteiger partial charge in [0, 0.05) is 25.6 Å². The minimum Gasteiger partial charge on any atom is -0.444 e. The van der Waals surface area contributed by atoms with Crippen molar-refractivity contribution in [1.29, 1.82) is 0 Å². The van der Waals surface area contributed by atoms with Crippen LogP contribution < -0.4 is 5.32 Å². The summed E-state index contributed by atoms with van der Waals surface area (Å²) < 4.78 is 33.6. The third-order valence-corrected chi connectivity index (χ3v) is 4.73. The minimum absolute atomic E-state index is 0.275. The Morgan fingerprint density at radius 1 is 1.11 bits per heavy atom. The van der Waals surface area contributed by atoms with Gasteiger partial charge in [-0.25, -0.2) is 13.6 Å². The Bertz CT molecular complexity index is 821. The standard InChI is InChI=1S/C22H26F2N2O2/c1-22(2,3)28-21(27)25-19-14-26(12-15-8-5-4-6-9-15)13-17(19)16-10-7-11-18(23)20(16)24/h4-11,17,19H,12-14H2,1-3H3,(H,25,27)/t17-,19+/m0/s1. The molecule has 3 rings (SSSR count). The number of amides is 1. The zero-order chi connectivity index (χ0) is 20.3. The smallest absolute Gasteiger partial charge is 0.407 e. The Kier molecular flexibility index (Phi) is 5.98. The SMILES string of the molecule is CC(C)(C)OC(=O)N[C@@H]1CN(Cc2ccccc2)C[C@H]1c1cccc(F)c1F. The van der Waals surface area contributed by atoms with Crippen molar-refractivity contribution in [2.45, 2.75) is 44.9 Å². The lowest BCUT2D eigenvalue weighted by molar-refractivity contribution is 0.0502. The lowest BCUT2D eigenvalue weighted by Crippen LogP contribution is -2.42. The molecule has 28 heavy (non-hydrogen) atoms. The summed E-state index contributed by atoms with van der Waals surface area (Å²) in [4.78, 5) is 14.4. The van der Waals surface area contributed by atoms with Crippen molar-refractivity contribution < 1.29 is 18.3 Å². The molecule has 0 aromatic heterocycles. The van der Waals surface area contributed by atoms with E-state index in [1.54, 1.807) is 26.8 Å². The summed E-state index contributed by atoms with van der Waals surface area (Å²) in [6.07, 6.45) is -0.555. The molecular weight excluding hydrogens is 362 g/mol. The van der Waals surface area contributed by atoms with Gasteiger partial charge in [0.2, 0.25) is 0 Å². The van der Waals surface area contributed by atoms with Gasteiger partial charge in [-0.3, -0.25) is 4.90 Å². The number of alkyl carbamates (subject to hydrolysis) is 1. The van der Waals surface area contributed by atoms with Crippen LogP contribution >= 0.6 is 0 Å². The number of halogens is 2. The van der Waals surface area contributed by atoms with Crippen molar-refractivity contribution in [3.05, 3.63) is 71.3 Å². The van der Waals surface area contributed by atoms with Crippen molar-refractivity contribution in [2.75, 3.05) is 13.1 Å². The van der Waals surface area contributed by atoms with E-state index < -0.39 is 23.3 Å². The maximum absolute atomic E-state index is 14.5. The number of benzene rings is 2. The largest absolute Gasteiger partial charge is 0.444 e. The van der Waals surface area contributed by atoms with Gasteiger partial charge < -0.3 is 10.1 Å². The first-order valence-corrected chi connectivity index (χ1v) is 9.42. The molecule has 2 atom stereocenters. The maximum Gasteiger partial charge on any atom is 0.407 e. The van der Waals surface area contributed by atoms with Crippen LogP contribution in [-0.4, -0.2) is 35.7 Å². The Morgan fingerprint density at radius 2 is 1.82 bits per heavy atom. The van der Waals surface area contributed by atoms with Crippen LogP contribution in [0.1, 0.15) is 37.8 Å². The molecule has 6 heteroatoms. The molecule has 1 aliphatic rings. The number of nitrogens with zero attached hydrogens (tertiary/aromatic N) is 1. The zero-order valence-corrected chi connectivity index (χ0v) is 16.4. The van der Waals surface area contributed by atoms with Gasteiger partial charge in [-0.2, -0.15) is 0 Å². The fraction of sp³-hybridized carbons (Fsp3) is 0.409. The van der Waals surface area contributed by atoms with Gasteiger partial charge in [0.25, 0.3) is 0 Å². The second-order valence-corrected chi connectivity index (χ2v) is 8.18. The lowest BCUT2D eigenvalue weighted by Gasteiger charge is -2.24. The van der Waals surface area contributed by atoms with Crippen molar-refractivity contribution >= 4 is 6.09 Å². The van der Waals surface area contributed by atoms with Crippen LogP contribution in [0.15, 0.2) is 48.5 Å². The molecule has 2 aromatic rings. The van der Waals surface area contributed by atoms with Gasteiger partial charge in [-0.15, -0.1) is 0 Å². The van der Waals surface area contributed by atoms with Gasteiger partial charge in [-0.1, -0.05) is 42.5 Å². The molecule has 0 unspecified atom stereocenters. The highest BCUT2D eigenvalue weighted by atomic mass is 19.2. The molecule has 0 radical (unpaired) electrons. The highest BCUT2D eigenvalue weighted by Crippen LogP contribution is 2.31. The number of nitrogens with one attached hydrogen (secondary N) is 1. The van der Waals surface area contributed by atoms with Crippen LogP contribution in [0.4, 0.5) is 13.6 Å². The van der Waals surface area contributed by atoms with E-state index in [0.29, 0.717) is 19.6 Å². The summed E-state index contributed by atoms with van der Waals surface area (Å²) in [6.45, 7) is 7.05. The predicted molar refractivity (Wildman–Crippen MR) is 104 cm³/mol. The van der Waals surface area contributed by atoms with E-state index in [2.05, 4.69) is 10.2 Å². The average molecular weight is 388 g/mol. The highest BCUT2D eigenvalue weighted by Gasteiger charge is 2.37. The first-order valence-electron chi connectivity index (χ1n) is 9.42. The molecule has 1 saturated heterocycles. The van der Waals surface area contributed by atoms with Crippen molar-refractivity contribution in [1.82, 2.24) is 10.2 Å². The van der Waals surface area contributed by atoms with Crippen LogP contribution in [0.3, 0.4) is 0 Å². The second kappa shape index (κ2) is 8.27. The minimum atomic E-state index is -0.880. The predicted octanol–water partition coefficient (Wildman–Crippen LogP) is 4.46. The Labute approximate surface area is 164 Å². The Hall–Kier alpha value is -2.47. The molecule has 1 heterocycles. The monoisotopic (exact) mass is 388 g/mol. The molecule has 0 bridgehead atoms. The number of likely N-dealkylation sites (tertiary alicyclic amines) is 1. The number of carbonyl (C=O) groups excluding carboxylic acids is 1. The lowest BCUT2D eigenvalue weighted by atomic mass is 9.93. The fourth-order valence-electron chi connectivity index (χ4n) is 3.58. The van der Waals surface area contributed by atoms with Crippen molar-refractivity contribution in [2.24, 2.45) is 0 Å². The number of hydrogen-bond acceptors (Lipinski definition) is 3. The second-order valence-electron chi connectivity index (χ2n) is 8.18. The van der Waals surface area contributed by atoms with Crippen molar-refractivity contribution in [3.8, 4) is 0 Å². The summed E-state index contributed by atoms with van der Waals surface area (Å²) in [7, 11) is 0. The Morgan fingerprint density at radius 3 is 2.50 bits per heavy atom. The van der Waals surface area contributed by atoms with E-state index in [1.165, 1.54) is 6.07 Å². The van der Waals surface area contributed by atoms with E-state index in [1.807, 2.05) is 30.3 Å². The maximum atomic E-state index is 14.5. The molecule has 1 amide bonds. The van der Waals surface area contributed by atoms with Crippen molar-refractivity contribution in [3.63, 3.8) is 0 Å². The first kappa shape index (κ1) is 20.3. The fourth-order valence-corrected chi connectivity index (χ4v) is 3.58. The summed E-state index contributed by atoms with van der Waals surface area (Å²) in [5, 5.41) is 2.85. The van der Waals surface area contributed by atoms with Crippen LogP contribution in [-0.2, 0) is 11.3 Å². The van der Waals surface area contributed by atoms with Gasteiger partial charge in [-0.05, 0) is 38.0 Å². The molecular formula is C22H26F2N2O2. The molecule has 0 spiro atoms. The first-order chi connectivity index (χ1) is 13.2. The van der Waals surface area contributed by atoms with E-state index in [9.17, 15) is 13.6 Å². The van der Waals surface area contributed by atoms with E-state index in [4.69, 9.17) is 4.74 Å². The summed E-state index contributed by atoms with van der Waals surface area (Å²) in [6, 6.07) is 13.7. The number of carbonyl (C=O) groups is 1. The molecule has 1 fully saturated rings. The van der Waals surface area contributed by atoms with Crippen LogP contribution in [0.2, 0.25) is 0 Å². The van der Waals surface area contributed by atoms with Gasteiger partial charge >= 0.3 is 6.09 Å². The van der Waals surface area contributed by atoms with Crippen LogP contribution in [0.5, 0.6) is 0 Å². The molecule has 2 aromatic carbocycles. The molecule has 0 saturated carbocycles. The third-order valence-electron chi connectivity index (χ3n) is 4.73. The number of hydrogen-bond donors (Lipinski definition) is 1. The van der Waals surface area contributed by atoms with Gasteiger partial charge in [0.05, 0.1) is 6.04 Å². The summed E-state index contributed by atoms with van der Waals surface area (Å²) in [5.41, 5.74) is 0.766. The van der Waals surface area contributed by atoms with E-state index in [-0.39, 0.29) is 17.5 Å². The third kappa shape index (κ3) is 5.07. The molecule has 150 valence electrons. The molecule has 4 nitrogen and oxygen atoms in total. The van der Waals surface area contributed by atoms with E-state index >= 15 is 0 Å². The van der Waals surface area contributed by atoms with Gasteiger partial charge in [0.15, 0.2) is 11.6 Å². The quantitative estimate of drug-likeness (QED) is 0.841. The zero-order valence-electron chi connectivity index (χ0n) is 16.4. The normalized spacial score (nSPS) is 20.2. The summed E-state index contributed by atoms with van der Waals surface area (Å²) in [5.74, 6) is -2.10. The summed E-state index contributed by atoms with van der Waals surface area (Å²) >= 11 is 0. The Balaban J connectivity index is 1.80. The number of rotatable bonds is 4. The topological polar surface area (TPSA) is 41.6 Å².